The van der Waals surface area contributed by atoms with Gasteiger partial charge in [-0.25, -0.2) is 0 Å². The van der Waals surface area contributed by atoms with Crippen LogP contribution in [0.25, 0.3) is 0 Å². The maximum atomic E-state index is 15.4. The largest absolute Gasteiger partial charge is 0.864 e. The van der Waals surface area contributed by atoms with E-state index in [2.05, 4.69) is 0 Å². The molecule has 0 saturated heterocycles. The predicted octanol–water partition coefficient (Wildman–Crippen LogP) is 13.5. The molecule has 0 N–H and O–H groups in total. The minimum atomic E-state index is -5.79. The quantitative estimate of drug-likeness (QED) is 0.0584. The average molecular weight is 943 g/mol. The van der Waals surface area contributed by atoms with E-state index in [0.717, 1.165) is 0 Å². The van der Waals surface area contributed by atoms with Crippen LogP contribution in [0.4, 0.5) is 79.0 Å². The van der Waals surface area contributed by atoms with Crippen LogP contribution in [-0.2, 0) is 52.3 Å². The molecule has 0 saturated carbocycles. The summed E-state index contributed by atoms with van der Waals surface area (Å²) in [6, 6.07) is -2.04. The van der Waals surface area contributed by atoms with E-state index in [9.17, 15) is 65.9 Å². The Morgan fingerprint density at radius 3 is 1.14 bits per heavy atom. The number of rotatable bonds is 17. The Bertz CT molecular complexity index is 1860. The Balaban J connectivity index is 2.67. The van der Waals surface area contributed by atoms with Crippen molar-refractivity contribution in [1.29, 1.82) is 0 Å². The third-order valence-electron chi connectivity index (χ3n) is 9.91. The average Bonchev–Trinajstić information content (AvgIpc) is 3.15. The maximum Gasteiger partial charge on any atom is 0.864 e. The molecule has 0 aliphatic carbocycles. The van der Waals surface area contributed by atoms with Gasteiger partial charge in [0.05, 0.1) is 65.2 Å². The van der Waals surface area contributed by atoms with Gasteiger partial charge in [-0.2, -0.15) is 79.0 Å². The third kappa shape index (κ3) is 11.9. The molecule has 0 amide bonds. The molecule has 63 heavy (non-hydrogen) atoms. The molecule has 0 bridgehead atoms. The van der Waals surface area contributed by atoms with Crippen LogP contribution in [0.1, 0.15) is 93.3 Å². The molecule has 0 spiro atoms. The molecule has 2 atom stereocenters. The normalized spacial score (nSPS) is 14.9. The molecule has 3 rings (SSSR count). The van der Waals surface area contributed by atoms with Crippen molar-refractivity contribution in [2.75, 3.05) is 26.3 Å². The number of halogens is 18. The van der Waals surface area contributed by atoms with Crippen molar-refractivity contribution in [2.24, 2.45) is 0 Å². The van der Waals surface area contributed by atoms with Gasteiger partial charge in [0.25, 0.3) is 0 Å². The second kappa shape index (κ2) is 19.1. The Hall–Kier alpha value is -4.26. The van der Waals surface area contributed by atoms with Gasteiger partial charge in [-0.3, -0.25) is 4.48 Å². The Kier molecular flexibility index (Phi) is 16.1. The molecule has 3 aromatic rings. The van der Waals surface area contributed by atoms with Gasteiger partial charge in [0.2, 0.25) is 5.72 Å². The minimum Gasteiger partial charge on any atom is -0.490 e. The van der Waals surface area contributed by atoms with Gasteiger partial charge in [-0.15, -0.1) is 0 Å². The second-order valence-electron chi connectivity index (χ2n) is 13.6. The molecular formula is C38H39BF18NO5+. The van der Waals surface area contributed by atoms with Crippen molar-refractivity contribution in [2.45, 2.75) is 103 Å². The van der Waals surface area contributed by atoms with Crippen LogP contribution in [0.2, 0.25) is 0 Å². The van der Waals surface area contributed by atoms with E-state index < -0.39 is 142 Å². The smallest absolute Gasteiger partial charge is 0.490 e. The standard InChI is InChI=1S/C38H39BF18NO5/c1-7-30(59-11-5)58(9-3,10-4)32(8-2,60-12-6)31-28(38(55,56)57)19-25(37(52,53)54)20-29(31)63-39(61-26-15-21(33(40,41)42)13-22(16-26)34(43,44)45)62-27-17-23(35(46,47)48)14-24(18-27)36(49,50)51/h13-20,30H,7-12H2,1-6H3/q+1. The number of alkyl halides is 18. The maximum absolute atomic E-state index is 15.4. The summed E-state index contributed by atoms with van der Waals surface area (Å²) in [6.45, 7) is 7.50. The van der Waals surface area contributed by atoms with Crippen molar-refractivity contribution in [1.82, 2.24) is 0 Å². The van der Waals surface area contributed by atoms with Crippen molar-refractivity contribution in [3.05, 3.63) is 87.5 Å². The van der Waals surface area contributed by atoms with Crippen LogP contribution in [0.5, 0.6) is 17.2 Å². The lowest BCUT2D eigenvalue weighted by molar-refractivity contribution is -1.04. The highest BCUT2D eigenvalue weighted by atomic mass is 19.4. The summed E-state index contributed by atoms with van der Waals surface area (Å²) in [5.41, 5.74) is -16.6. The fourth-order valence-corrected chi connectivity index (χ4v) is 7.32. The van der Waals surface area contributed by atoms with Crippen molar-refractivity contribution in [3.8, 4) is 17.2 Å². The summed E-state index contributed by atoms with van der Waals surface area (Å²) in [4.78, 5) is 0. The van der Waals surface area contributed by atoms with Crippen LogP contribution >= 0.6 is 0 Å². The highest BCUT2D eigenvalue weighted by Gasteiger charge is 2.60. The van der Waals surface area contributed by atoms with E-state index in [-0.39, 0.29) is 62.5 Å². The SMILES string of the molecule is CCOC(CC)[N+](CC)(CC)C(CC)(OCC)c1c(OB(Oc2cc(C(F)(F)F)cc(C(F)(F)F)c2)Oc2cc(C(F)(F)F)cc(C(F)(F)F)c2)cc(C(F)(F)F)cc1C(F)(F)F. The van der Waals surface area contributed by atoms with Gasteiger partial charge in [0.1, 0.15) is 17.2 Å². The first-order valence-corrected chi connectivity index (χ1v) is 18.7. The van der Waals surface area contributed by atoms with Gasteiger partial charge in [-0.05, 0) is 76.2 Å². The Morgan fingerprint density at radius 2 is 0.857 bits per heavy atom. The topological polar surface area (TPSA) is 46.2 Å². The molecule has 354 valence electrons. The van der Waals surface area contributed by atoms with Gasteiger partial charge in [0.15, 0.2) is 6.23 Å². The first-order chi connectivity index (χ1) is 28.7. The minimum absolute atomic E-state index is 0.00549. The number of benzene rings is 3. The lowest BCUT2D eigenvalue weighted by Gasteiger charge is -2.55. The van der Waals surface area contributed by atoms with Crippen LogP contribution in [-0.4, -0.2) is 44.3 Å². The van der Waals surface area contributed by atoms with Crippen molar-refractivity contribution in [3.63, 3.8) is 0 Å². The van der Waals surface area contributed by atoms with Gasteiger partial charge < -0.3 is 23.4 Å². The number of ether oxygens (including phenoxy) is 2. The van der Waals surface area contributed by atoms with Gasteiger partial charge in [-0.1, -0.05) is 13.8 Å². The number of hydrogen-bond acceptors (Lipinski definition) is 5. The first-order valence-electron chi connectivity index (χ1n) is 18.7. The summed E-state index contributed by atoms with van der Waals surface area (Å²) >= 11 is 0. The second-order valence-corrected chi connectivity index (χ2v) is 13.6. The molecule has 3 aromatic carbocycles. The molecule has 25 heteroatoms. The van der Waals surface area contributed by atoms with E-state index in [1.165, 1.54) is 34.6 Å². The van der Waals surface area contributed by atoms with Crippen molar-refractivity contribution >= 4 is 7.32 Å². The number of nitrogens with zero attached hydrogens (tertiary/aromatic N) is 1. The zero-order valence-electron chi connectivity index (χ0n) is 33.8. The third-order valence-corrected chi connectivity index (χ3v) is 9.91. The predicted molar refractivity (Wildman–Crippen MR) is 188 cm³/mol. The number of quaternary nitrogens is 1. The van der Waals surface area contributed by atoms with Gasteiger partial charge in [0, 0.05) is 12.8 Å². The van der Waals surface area contributed by atoms with Gasteiger partial charge >= 0.3 is 44.4 Å². The van der Waals surface area contributed by atoms with Crippen LogP contribution in [0.3, 0.4) is 0 Å². The molecule has 0 fully saturated rings. The molecule has 0 heterocycles. The summed E-state index contributed by atoms with van der Waals surface area (Å²) in [5.74, 6) is -4.88. The van der Waals surface area contributed by atoms with E-state index in [4.69, 9.17) is 23.4 Å². The summed E-state index contributed by atoms with van der Waals surface area (Å²) in [7, 11) is -3.38. The molecule has 2 unspecified atom stereocenters. The molecule has 0 aliphatic rings. The fraction of sp³-hybridized carbons (Fsp3) is 0.526. The Labute approximate surface area is 348 Å². The highest BCUT2D eigenvalue weighted by molar-refractivity contribution is 6.39. The summed E-state index contributed by atoms with van der Waals surface area (Å²) < 4.78 is 283. The molecule has 0 aliphatic heterocycles. The lowest BCUT2D eigenvalue weighted by Crippen LogP contribution is -2.69. The summed E-state index contributed by atoms with van der Waals surface area (Å²) in [5, 5.41) is 0. The number of hydrogen-bond donors (Lipinski definition) is 0. The zero-order valence-corrected chi connectivity index (χ0v) is 33.8. The molecule has 0 radical (unpaired) electrons. The molecule has 0 aromatic heterocycles. The first kappa shape index (κ1) is 53.1. The van der Waals surface area contributed by atoms with Crippen LogP contribution in [0.15, 0.2) is 48.5 Å². The monoisotopic (exact) mass is 942 g/mol. The molecule has 6 nitrogen and oxygen atoms in total. The highest BCUT2D eigenvalue weighted by Crippen LogP contribution is 2.53. The van der Waals surface area contributed by atoms with Crippen LogP contribution in [0, 0.1) is 0 Å². The van der Waals surface area contributed by atoms with Crippen LogP contribution < -0.4 is 14.0 Å². The zero-order chi connectivity index (χ0) is 48.4. The van der Waals surface area contributed by atoms with E-state index in [1.54, 1.807) is 6.92 Å². The molecular weight excluding hydrogens is 903 g/mol. The van der Waals surface area contributed by atoms with E-state index in [1.807, 2.05) is 0 Å². The Morgan fingerprint density at radius 1 is 0.476 bits per heavy atom. The lowest BCUT2D eigenvalue weighted by atomic mass is 9.86. The summed E-state index contributed by atoms with van der Waals surface area (Å²) in [6.07, 6.45) is -35.7. The fourth-order valence-electron chi connectivity index (χ4n) is 7.32. The van der Waals surface area contributed by atoms with E-state index >= 15 is 13.2 Å². The van der Waals surface area contributed by atoms with E-state index in [0.29, 0.717) is 0 Å². The van der Waals surface area contributed by atoms with Crippen molar-refractivity contribution < 1.29 is 107 Å².